The topological polar surface area (TPSA) is 120 Å². The van der Waals surface area contributed by atoms with Crippen LogP contribution in [0.2, 0.25) is 0 Å². The Morgan fingerprint density at radius 1 is 1.03 bits per heavy atom. The quantitative estimate of drug-likeness (QED) is 0.298. The molecule has 1 unspecified atom stereocenters. The predicted octanol–water partition coefficient (Wildman–Crippen LogP) is 4.72. The molecule has 3 heterocycles. The Balaban J connectivity index is 1.83. The third kappa shape index (κ3) is 6.26. The Hall–Kier alpha value is -3.42. The molecule has 0 fully saturated rings. The summed E-state index contributed by atoms with van der Waals surface area (Å²) in [5, 5.41) is 3.13. The number of benzene rings is 1. The van der Waals surface area contributed by atoms with Crippen molar-refractivity contribution < 1.29 is 29.8 Å². The molecule has 1 N–H and O–H groups in total. The Morgan fingerprint density at radius 3 is 2.31 bits per heavy atom. The summed E-state index contributed by atoms with van der Waals surface area (Å²) in [6.07, 6.45) is 4.04. The highest BCUT2D eigenvalue weighted by molar-refractivity contribution is 7.90. The molecular weight excluding hydrogens is 550 g/mol. The van der Waals surface area contributed by atoms with Crippen LogP contribution in [0, 0.1) is 24.0 Å². The lowest BCUT2D eigenvalue weighted by molar-refractivity contribution is 0.224. The SMILES string of the molecule is Cc1ccc(S(=O)(=O)n2cc(-c3cc(NC(COS(C)(=O)=O)C(C)(C)C)c(F)cn3)c3cc(F)cnc32)cc1. The second kappa shape index (κ2) is 10.3. The third-order valence-electron chi connectivity index (χ3n) is 6.11. The minimum absolute atomic E-state index is 0.0102. The second-order valence-electron chi connectivity index (χ2n) is 10.3. The zero-order chi connectivity index (χ0) is 28.8. The fourth-order valence-corrected chi connectivity index (χ4v) is 5.56. The lowest BCUT2D eigenvalue weighted by atomic mass is 9.87. The van der Waals surface area contributed by atoms with Crippen LogP contribution < -0.4 is 5.32 Å². The Bertz CT molecular complexity index is 1750. The summed E-state index contributed by atoms with van der Waals surface area (Å²) in [6.45, 7) is 7.05. The molecule has 0 bridgehead atoms. The van der Waals surface area contributed by atoms with E-state index in [1.54, 1.807) is 12.1 Å². The van der Waals surface area contributed by atoms with Crippen molar-refractivity contribution >= 4 is 36.9 Å². The summed E-state index contributed by atoms with van der Waals surface area (Å²) in [5.74, 6) is -1.42. The highest BCUT2D eigenvalue weighted by atomic mass is 32.2. The molecule has 3 aromatic heterocycles. The van der Waals surface area contributed by atoms with Gasteiger partial charge >= 0.3 is 0 Å². The molecule has 0 saturated carbocycles. The molecular formula is C26H28F2N4O5S2. The molecule has 0 aliphatic heterocycles. The van der Waals surface area contributed by atoms with Crippen LogP contribution in [0.1, 0.15) is 26.3 Å². The van der Waals surface area contributed by atoms with Crippen LogP contribution in [0.25, 0.3) is 22.3 Å². The number of aromatic nitrogens is 3. The molecule has 0 radical (unpaired) electrons. The summed E-state index contributed by atoms with van der Waals surface area (Å²) in [7, 11) is -7.87. The van der Waals surface area contributed by atoms with Gasteiger partial charge in [0.1, 0.15) is 5.82 Å². The van der Waals surface area contributed by atoms with E-state index in [9.17, 15) is 25.6 Å². The van der Waals surface area contributed by atoms with Crippen LogP contribution in [-0.2, 0) is 24.3 Å². The molecule has 13 heteroatoms. The van der Waals surface area contributed by atoms with E-state index in [1.165, 1.54) is 24.4 Å². The Morgan fingerprint density at radius 2 is 1.69 bits per heavy atom. The smallest absolute Gasteiger partial charge is 0.269 e. The summed E-state index contributed by atoms with van der Waals surface area (Å²) in [4.78, 5) is 8.16. The van der Waals surface area contributed by atoms with Crippen molar-refractivity contribution in [1.82, 2.24) is 13.9 Å². The number of hydrogen-bond acceptors (Lipinski definition) is 8. The van der Waals surface area contributed by atoms with Crippen molar-refractivity contribution in [2.75, 3.05) is 18.2 Å². The van der Waals surface area contributed by atoms with Crippen LogP contribution in [0.5, 0.6) is 0 Å². The first kappa shape index (κ1) is 28.6. The summed E-state index contributed by atoms with van der Waals surface area (Å²) in [5.41, 5.74) is 0.621. The van der Waals surface area contributed by atoms with E-state index in [1.807, 2.05) is 27.7 Å². The van der Waals surface area contributed by atoms with Crippen LogP contribution in [0.3, 0.4) is 0 Å². The Kier molecular flexibility index (Phi) is 7.54. The van der Waals surface area contributed by atoms with E-state index in [0.717, 1.165) is 34.3 Å². The van der Waals surface area contributed by atoms with E-state index in [-0.39, 0.29) is 39.5 Å². The van der Waals surface area contributed by atoms with Gasteiger partial charge in [-0.2, -0.15) is 8.42 Å². The highest BCUT2D eigenvalue weighted by Gasteiger charge is 2.28. The first-order chi connectivity index (χ1) is 18.1. The van der Waals surface area contributed by atoms with Gasteiger partial charge in [0.25, 0.3) is 20.1 Å². The van der Waals surface area contributed by atoms with Gasteiger partial charge in [0.2, 0.25) is 0 Å². The molecule has 9 nitrogen and oxygen atoms in total. The minimum Gasteiger partial charge on any atom is -0.377 e. The maximum Gasteiger partial charge on any atom is 0.269 e. The van der Waals surface area contributed by atoms with Crippen molar-refractivity contribution in [1.29, 1.82) is 0 Å². The second-order valence-corrected chi connectivity index (χ2v) is 13.7. The molecule has 0 aliphatic carbocycles. The maximum absolute atomic E-state index is 14.9. The largest absolute Gasteiger partial charge is 0.377 e. The van der Waals surface area contributed by atoms with Gasteiger partial charge in [-0.05, 0) is 36.6 Å². The number of nitrogens with zero attached hydrogens (tertiary/aromatic N) is 3. The van der Waals surface area contributed by atoms with Gasteiger partial charge in [0, 0.05) is 17.1 Å². The normalized spacial score (nSPS) is 13.5. The molecule has 4 rings (SSSR count). The number of hydrogen-bond donors (Lipinski definition) is 1. The molecule has 0 aliphatic rings. The predicted molar refractivity (Wildman–Crippen MR) is 144 cm³/mol. The molecule has 1 atom stereocenters. The molecule has 0 saturated heterocycles. The summed E-state index contributed by atoms with van der Waals surface area (Å²) >= 11 is 0. The van der Waals surface area contributed by atoms with Crippen LogP contribution in [0.4, 0.5) is 14.5 Å². The first-order valence-electron chi connectivity index (χ1n) is 11.8. The van der Waals surface area contributed by atoms with Gasteiger partial charge in [0.15, 0.2) is 11.5 Å². The molecule has 0 spiro atoms. The zero-order valence-corrected chi connectivity index (χ0v) is 23.6. The van der Waals surface area contributed by atoms with E-state index in [4.69, 9.17) is 4.18 Å². The molecule has 39 heavy (non-hydrogen) atoms. The van der Waals surface area contributed by atoms with Crippen LogP contribution in [-0.4, -0.2) is 49.7 Å². The van der Waals surface area contributed by atoms with Crippen molar-refractivity contribution in [3.05, 3.63) is 72.2 Å². The van der Waals surface area contributed by atoms with Gasteiger partial charge in [-0.25, -0.2) is 26.2 Å². The number of nitrogens with one attached hydrogen (secondary N) is 1. The van der Waals surface area contributed by atoms with Crippen LogP contribution in [0.15, 0.2) is 59.9 Å². The average molecular weight is 579 g/mol. The zero-order valence-electron chi connectivity index (χ0n) is 21.9. The molecule has 1 aromatic carbocycles. The van der Waals surface area contributed by atoms with Crippen molar-refractivity contribution in [3.8, 4) is 11.3 Å². The summed E-state index contributed by atoms with van der Waals surface area (Å²) < 4.78 is 85.1. The minimum atomic E-state index is -4.12. The van der Waals surface area contributed by atoms with E-state index < -0.39 is 43.2 Å². The van der Waals surface area contributed by atoms with Gasteiger partial charge in [-0.1, -0.05) is 38.5 Å². The van der Waals surface area contributed by atoms with Crippen molar-refractivity contribution in [2.45, 2.75) is 38.6 Å². The number of fused-ring (bicyclic) bond motifs is 1. The van der Waals surface area contributed by atoms with Gasteiger partial charge < -0.3 is 5.32 Å². The van der Waals surface area contributed by atoms with Gasteiger partial charge in [0.05, 0.1) is 47.6 Å². The Labute approximate surface area is 226 Å². The monoisotopic (exact) mass is 578 g/mol. The van der Waals surface area contributed by atoms with E-state index >= 15 is 0 Å². The van der Waals surface area contributed by atoms with Gasteiger partial charge in [-0.15, -0.1) is 0 Å². The lowest BCUT2D eigenvalue weighted by Crippen LogP contribution is -2.39. The average Bonchev–Trinajstić information content (AvgIpc) is 3.21. The number of anilines is 1. The number of halogens is 2. The number of aryl methyl sites for hydroxylation is 1. The third-order valence-corrected chi connectivity index (χ3v) is 8.34. The number of pyridine rings is 2. The fourth-order valence-electron chi connectivity index (χ4n) is 3.85. The van der Waals surface area contributed by atoms with Crippen LogP contribution >= 0.6 is 0 Å². The number of rotatable bonds is 8. The van der Waals surface area contributed by atoms with Gasteiger partial charge in [-0.3, -0.25) is 9.17 Å². The molecule has 4 aromatic rings. The first-order valence-corrected chi connectivity index (χ1v) is 15.1. The van der Waals surface area contributed by atoms with Crippen molar-refractivity contribution in [3.63, 3.8) is 0 Å². The highest BCUT2D eigenvalue weighted by Crippen LogP contribution is 2.34. The maximum atomic E-state index is 14.9. The summed E-state index contributed by atoms with van der Waals surface area (Å²) in [6, 6.07) is 8.08. The van der Waals surface area contributed by atoms with E-state index in [0.29, 0.717) is 0 Å². The molecule has 208 valence electrons. The molecule has 0 amide bonds. The fraction of sp³-hybridized carbons (Fsp3) is 0.308. The van der Waals surface area contributed by atoms with Crippen molar-refractivity contribution in [2.24, 2.45) is 5.41 Å². The lowest BCUT2D eigenvalue weighted by Gasteiger charge is -2.32. The van der Waals surface area contributed by atoms with E-state index in [2.05, 4.69) is 15.3 Å². The standard InChI is InChI=1S/C26H28F2N4O5S2/c1-16-6-8-18(9-7-16)39(35,36)32-14-20(19-10-17(27)12-30-25(19)32)22-11-23(21(28)13-29-22)31-24(26(2,3)4)15-37-38(5,33)34/h6-14,24H,15H2,1-5H3,(H,29,31).